The van der Waals surface area contributed by atoms with E-state index in [2.05, 4.69) is 0 Å². The van der Waals surface area contributed by atoms with Crippen LogP contribution in [-0.2, 0) is 9.59 Å². The quantitative estimate of drug-likeness (QED) is 0.848. The maximum atomic E-state index is 12.2. The summed E-state index contributed by atoms with van der Waals surface area (Å²) in [5.74, 6) is -0.296. The SMILES string of the molecule is CCOc1ccccc1C=CC(=O)N1CCC(C)(C(=O)O)C1. The summed E-state index contributed by atoms with van der Waals surface area (Å²) in [5.41, 5.74) is -0.00916. The Balaban J connectivity index is 2.05. The van der Waals surface area contributed by atoms with Crippen molar-refractivity contribution in [1.82, 2.24) is 4.90 Å². The van der Waals surface area contributed by atoms with Crippen LogP contribution in [0.5, 0.6) is 5.75 Å². The highest BCUT2D eigenvalue weighted by Crippen LogP contribution is 2.30. The van der Waals surface area contributed by atoms with Crippen LogP contribution in [0.1, 0.15) is 25.8 Å². The van der Waals surface area contributed by atoms with Crippen molar-refractivity contribution in [2.75, 3.05) is 19.7 Å². The molecule has 5 heteroatoms. The summed E-state index contributed by atoms with van der Waals surface area (Å²) >= 11 is 0. The van der Waals surface area contributed by atoms with Crippen LogP contribution in [-0.4, -0.2) is 41.6 Å². The summed E-state index contributed by atoms with van der Waals surface area (Å²) < 4.78 is 5.51. The maximum Gasteiger partial charge on any atom is 0.311 e. The van der Waals surface area contributed by atoms with Gasteiger partial charge in [-0.3, -0.25) is 9.59 Å². The number of aliphatic carboxylic acids is 1. The lowest BCUT2D eigenvalue weighted by Gasteiger charge is -2.19. The first kappa shape index (κ1) is 16.1. The fourth-order valence-electron chi connectivity index (χ4n) is 2.50. The molecule has 1 amide bonds. The zero-order valence-electron chi connectivity index (χ0n) is 12.9. The first-order valence-corrected chi connectivity index (χ1v) is 7.38. The van der Waals surface area contributed by atoms with Gasteiger partial charge in [0.2, 0.25) is 5.91 Å². The Kier molecular flexibility index (Phi) is 4.85. The van der Waals surface area contributed by atoms with Crippen LogP contribution in [0.4, 0.5) is 0 Å². The van der Waals surface area contributed by atoms with E-state index < -0.39 is 11.4 Å². The summed E-state index contributed by atoms with van der Waals surface area (Å²) in [6.45, 7) is 4.86. The van der Waals surface area contributed by atoms with E-state index in [1.54, 1.807) is 17.9 Å². The summed E-state index contributed by atoms with van der Waals surface area (Å²) in [7, 11) is 0. The van der Waals surface area contributed by atoms with Crippen LogP contribution in [0.25, 0.3) is 6.08 Å². The van der Waals surface area contributed by atoms with Gasteiger partial charge in [0.25, 0.3) is 0 Å². The van der Waals surface area contributed by atoms with Crippen molar-refractivity contribution in [3.8, 4) is 5.75 Å². The Morgan fingerprint density at radius 3 is 2.77 bits per heavy atom. The van der Waals surface area contributed by atoms with Crippen LogP contribution in [0.3, 0.4) is 0 Å². The minimum Gasteiger partial charge on any atom is -0.493 e. The molecule has 1 aromatic carbocycles. The molecule has 1 aliphatic rings. The number of hydrogen-bond donors (Lipinski definition) is 1. The number of hydrogen-bond acceptors (Lipinski definition) is 3. The van der Waals surface area contributed by atoms with Crippen molar-refractivity contribution in [1.29, 1.82) is 0 Å². The molecule has 5 nitrogen and oxygen atoms in total. The van der Waals surface area contributed by atoms with Gasteiger partial charge < -0.3 is 14.7 Å². The zero-order chi connectivity index (χ0) is 16.2. The molecule has 1 aromatic rings. The molecule has 0 bridgehead atoms. The third kappa shape index (κ3) is 3.47. The van der Waals surface area contributed by atoms with E-state index in [0.29, 0.717) is 19.6 Å². The Labute approximate surface area is 130 Å². The molecular weight excluding hydrogens is 282 g/mol. The van der Waals surface area contributed by atoms with Crippen LogP contribution in [0.15, 0.2) is 30.3 Å². The zero-order valence-corrected chi connectivity index (χ0v) is 12.9. The Morgan fingerprint density at radius 2 is 2.14 bits per heavy atom. The number of carboxylic acids is 1. The van der Waals surface area contributed by atoms with Crippen LogP contribution >= 0.6 is 0 Å². The van der Waals surface area contributed by atoms with E-state index in [-0.39, 0.29) is 12.5 Å². The number of carbonyl (C=O) groups excluding carboxylic acids is 1. The number of ether oxygens (including phenoxy) is 1. The number of carboxylic acid groups (broad SMARTS) is 1. The van der Waals surface area contributed by atoms with Gasteiger partial charge in [-0.15, -0.1) is 0 Å². The average Bonchev–Trinajstić information content (AvgIpc) is 2.90. The first-order chi connectivity index (χ1) is 10.5. The second-order valence-corrected chi connectivity index (χ2v) is 5.68. The van der Waals surface area contributed by atoms with E-state index >= 15 is 0 Å². The van der Waals surface area contributed by atoms with Crippen LogP contribution in [0, 0.1) is 5.41 Å². The predicted molar refractivity (Wildman–Crippen MR) is 83.6 cm³/mol. The lowest BCUT2D eigenvalue weighted by molar-refractivity contribution is -0.147. The normalized spacial score (nSPS) is 21.3. The van der Waals surface area contributed by atoms with Gasteiger partial charge in [0.05, 0.1) is 12.0 Å². The fraction of sp³-hybridized carbons (Fsp3) is 0.412. The molecule has 1 fully saturated rings. The van der Waals surface area contributed by atoms with E-state index in [0.717, 1.165) is 11.3 Å². The number of likely N-dealkylation sites (tertiary alicyclic amines) is 1. The van der Waals surface area contributed by atoms with Crippen molar-refractivity contribution in [2.45, 2.75) is 20.3 Å². The second kappa shape index (κ2) is 6.64. The molecule has 0 saturated carbocycles. The highest BCUT2D eigenvalue weighted by Gasteiger charge is 2.41. The van der Waals surface area contributed by atoms with E-state index in [1.165, 1.54) is 6.08 Å². The van der Waals surface area contributed by atoms with Gasteiger partial charge in [0.15, 0.2) is 0 Å². The Bertz CT molecular complexity index is 596. The minimum atomic E-state index is -0.853. The van der Waals surface area contributed by atoms with Gasteiger partial charge in [-0.1, -0.05) is 18.2 Å². The fourth-order valence-corrected chi connectivity index (χ4v) is 2.50. The average molecular weight is 303 g/mol. The van der Waals surface area contributed by atoms with Crippen molar-refractivity contribution >= 4 is 18.0 Å². The van der Waals surface area contributed by atoms with Gasteiger partial charge in [-0.2, -0.15) is 0 Å². The lowest BCUT2D eigenvalue weighted by atomic mass is 9.90. The van der Waals surface area contributed by atoms with E-state index in [9.17, 15) is 14.7 Å². The number of amides is 1. The summed E-state index contributed by atoms with van der Waals surface area (Å²) in [4.78, 5) is 25.0. The van der Waals surface area contributed by atoms with E-state index in [1.807, 2.05) is 31.2 Å². The number of carbonyl (C=O) groups is 2. The molecule has 0 aromatic heterocycles. The molecule has 1 atom stereocenters. The second-order valence-electron chi connectivity index (χ2n) is 5.68. The van der Waals surface area contributed by atoms with Crippen LogP contribution in [0.2, 0.25) is 0 Å². The van der Waals surface area contributed by atoms with Gasteiger partial charge in [0.1, 0.15) is 5.75 Å². The highest BCUT2D eigenvalue weighted by atomic mass is 16.5. The van der Waals surface area contributed by atoms with Gasteiger partial charge in [-0.25, -0.2) is 0 Å². The molecule has 0 spiro atoms. The Hall–Kier alpha value is -2.30. The largest absolute Gasteiger partial charge is 0.493 e. The van der Waals surface area contributed by atoms with Crippen molar-refractivity contribution in [3.63, 3.8) is 0 Å². The van der Waals surface area contributed by atoms with Crippen LogP contribution < -0.4 is 4.74 Å². The molecule has 2 rings (SSSR count). The molecule has 1 aliphatic heterocycles. The summed E-state index contributed by atoms with van der Waals surface area (Å²) in [5, 5.41) is 9.20. The number of nitrogens with zero attached hydrogens (tertiary/aromatic N) is 1. The molecule has 1 heterocycles. The monoisotopic (exact) mass is 303 g/mol. The molecule has 1 unspecified atom stereocenters. The number of benzene rings is 1. The first-order valence-electron chi connectivity index (χ1n) is 7.38. The number of para-hydroxylation sites is 1. The molecule has 0 aliphatic carbocycles. The lowest BCUT2D eigenvalue weighted by Crippen LogP contribution is -2.34. The number of rotatable bonds is 5. The Morgan fingerprint density at radius 1 is 1.41 bits per heavy atom. The van der Waals surface area contributed by atoms with Crippen molar-refractivity contribution < 1.29 is 19.4 Å². The highest BCUT2D eigenvalue weighted by molar-refractivity contribution is 5.93. The van der Waals surface area contributed by atoms with Gasteiger partial charge in [-0.05, 0) is 32.4 Å². The maximum absolute atomic E-state index is 12.2. The molecule has 22 heavy (non-hydrogen) atoms. The van der Waals surface area contributed by atoms with Crippen molar-refractivity contribution in [3.05, 3.63) is 35.9 Å². The van der Waals surface area contributed by atoms with Gasteiger partial charge >= 0.3 is 5.97 Å². The third-order valence-electron chi connectivity index (χ3n) is 3.93. The standard InChI is InChI=1S/C17H21NO4/c1-3-22-14-7-5-4-6-13(14)8-9-15(19)18-11-10-17(2,12-18)16(20)21/h4-9H,3,10-12H2,1-2H3,(H,20,21). The molecular formula is C17H21NO4. The minimum absolute atomic E-state index is 0.170. The predicted octanol–water partition coefficient (Wildman–Crippen LogP) is 2.42. The summed E-state index contributed by atoms with van der Waals surface area (Å²) in [6.07, 6.45) is 3.67. The molecule has 1 N–H and O–H groups in total. The van der Waals surface area contributed by atoms with Crippen molar-refractivity contribution in [2.24, 2.45) is 5.41 Å². The molecule has 118 valence electrons. The van der Waals surface area contributed by atoms with E-state index in [4.69, 9.17) is 4.74 Å². The molecule has 0 radical (unpaired) electrons. The summed E-state index contributed by atoms with van der Waals surface area (Å²) in [6, 6.07) is 7.48. The van der Waals surface area contributed by atoms with Gasteiger partial charge in [0, 0.05) is 24.7 Å². The third-order valence-corrected chi connectivity index (χ3v) is 3.93. The molecule has 1 saturated heterocycles. The smallest absolute Gasteiger partial charge is 0.311 e. The topological polar surface area (TPSA) is 66.8 Å².